The molecule has 0 fully saturated rings. The lowest BCUT2D eigenvalue weighted by atomic mass is 10.1. The molecular weight excluding hydrogens is 412 g/mol. The van der Waals surface area contributed by atoms with E-state index in [4.69, 9.17) is 9.72 Å². The van der Waals surface area contributed by atoms with Crippen LogP contribution < -0.4 is 4.74 Å². The molecule has 0 aliphatic rings. The Morgan fingerprint density at radius 1 is 1.04 bits per heavy atom. The first-order valence-corrected chi connectivity index (χ1v) is 9.63. The summed E-state index contributed by atoms with van der Waals surface area (Å²) in [6.07, 6.45) is 1.77. The van der Waals surface area contributed by atoms with Crippen molar-refractivity contribution in [2.75, 3.05) is 7.11 Å². The molecule has 7 heteroatoms. The van der Waals surface area contributed by atoms with E-state index in [1.165, 1.54) is 0 Å². The number of aromatic nitrogens is 4. The molecular formula is C19H15BrN4OS. The maximum atomic E-state index is 5.21. The molecule has 0 amide bonds. The molecule has 4 aromatic rings. The summed E-state index contributed by atoms with van der Waals surface area (Å²) in [5, 5.41) is 11.3. The first kappa shape index (κ1) is 16.9. The van der Waals surface area contributed by atoms with Crippen LogP contribution in [-0.4, -0.2) is 27.1 Å². The van der Waals surface area contributed by atoms with Crippen LogP contribution in [-0.2, 0) is 6.54 Å². The highest BCUT2D eigenvalue weighted by atomic mass is 79.9. The average molecular weight is 427 g/mol. The lowest BCUT2D eigenvalue weighted by Gasteiger charge is -2.06. The molecule has 5 nitrogen and oxygen atoms in total. The number of methoxy groups -OCH3 is 1. The van der Waals surface area contributed by atoms with Gasteiger partial charge >= 0.3 is 0 Å². The Hall–Kier alpha value is -2.51. The van der Waals surface area contributed by atoms with Crippen LogP contribution in [0.5, 0.6) is 5.75 Å². The molecule has 0 N–H and O–H groups in total. The SMILES string of the molecule is COc1ccc(-c2cnnn2Cc2csc(-c3ccc(Br)cc3)n2)cc1. The number of benzene rings is 2. The van der Waals surface area contributed by atoms with Gasteiger partial charge in [-0.25, -0.2) is 9.67 Å². The number of halogens is 1. The summed E-state index contributed by atoms with van der Waals surface area (Å²) in [5.74, 6) is 0.825. The van der Waals surface area contributed by atoms with E-state index in [0.717, 1.165) is 37.7 Å². The molecule has 130 valence electrons. The lowest BCUT2D eigenvalue weighted by molar-refractivity contribution is 0.415. The van der Waals surface area contributed by atoms with Gasteiger partial charge in [-0.1, -0.05) is 33.3 Å². The lowest BCUT2D eigenvalue weighted by Crippen LogP contribution is -2.04. The normalized spacial score (nSPS) is 10.8. The average Bonchev–Trinajstić information content (AvgIpc) is 3.33. The summed E-state index contributed by atoms with van der Waals surface area (Å²) in [5.41, 5.74) is 4.07. The zero-order valence-corrected chi connectivity index (χ0v) is 16.4. The van der Waals surface area contributed by atoms with Gasteiger partial charge in [-0.3, -0.25) is 0 Å². The molecule has 0 unspecified atom stereocenters. The van der Waals surface area contributed by atoms with Crippen molar-refractivity contribution in [3.8, 4) is 27.6 Å². The number of hydrogen-bond acceptors (Lipinski definition) is 5. The van der Waals surface area contributed by atoms with E-state index in [9.17, 15) is 0 Å². The Bertz CT molecular complexity index is 1010. The molecule has 2 aromatic heterocycles. The first-order valence-electron chi connectivity index (χ1n) is 7.96. The quantitative estimate of drug-likeness (QED) is 0.455. The van der Waals surface area contributed by atoms with Crippen LogP contribution in [0.4, 0.5) is 0 Å². The minimum atomic E-state index is 0.578. The Kier molecular flexibility index (Phi) is 4.81. The largest absolute Gasteiger partial charge is 0.497 e. The van der Waals surface area contributed by atoms with Crippen molar-refractivity contribution in [2.45, 2.75) is 6.54 Å². The predicted octanol–water partition coefficient (Wildman–Crippen LogP) is 4.89. The van der Waals surface area contributed by atoms with E-state index < -0.39 is 0 Å². The Balaban J connectivity index is 1.57. The first-order chi connectivity index (χ1) is 12.7. The standard InChI is InChI=1S/C19H15BrN4OS/c1-25-17-8-4-13(5-9-17)18-10-21-23-24(18)11-16-12-26-19(22-16)14-2-6-15(20)7-3-14/h2-10,12H,11H2,1H3. The smallest absolute Gasteiger partial charge is 0.123 e. The third kappa shape index (κ3) is 3.54. The van der Waals surface area contributed by atoms with Gasteiger partial charge in [0.15, 0.2) is 0 Å². The predicted molar refractivity (Wildman–Crippen MR) is 106 cm³/mol. The van der Waals surface area contributed by atoms with Crippen LogP contribution >= 0.6 is 27.3 Å². The molecule has 0 spiro atoms. The highest BCUT2D eigenvalue weighted by Gasteiger charge is 2.11. The van der Waals surface area contributed by atoms with Crippen molar-refractivity contribution < 1.29 is 4.74 Å². The zero-order valence-electron chi connectivity index (χ0n) is 14.0. The van der Waals surface area contributed by atoms with Gasteiger partial charge < -0.3 is 4.74 Å². The minimum Gasteiger partial charge on any atom is -0.497 e. The second kappa shape index (κ2) is 7.39. The van der Waals surface area contributed by atoms with E-state index in [2.05, 4.69) is 43.8 Å². The Morgan fingerprint density at radius 2 is 1.77 bits per heavy atom. The monoisotopic (exact) mass is 426 g/mol. The number of thiazole rings is 1. The Morgan fingerprint density at radius 3 is 2.50 bits per heavy atom. The molecule has 2 aromatic carbocycles. The van der Waals surface area contributed by atoms with Gasteiger partial charge in [-0.15, -0.1) is 16.4 Å². The molecule has 26 heavy (non-hydrogen) atoms. The van der Waals surface area contributed by atoms with Crippen molar-refractivity contribution in [2.24, 2.45) is 0 Å². The van der Waals surface area contributed by atoms with E-state index in [1.807, 2.05) is 41.1 Å². The molecule has 0 radical (unpaired) electrons. The van der Waals surface area contributed by atoms with Crippen LogP contribution in [0, 0.1) is 0 Å². The number of ether oxygens (including phenoxy) is 1. The van der Waals surface area contributed by atoms with Crippen molar-refractivity contribution in [3.63, 3.8) is 0 Å². The topological polar surface area (TPSA) is 52.8 Å². The van der Waals surface area contributed by atoms with E-state index in [0.29, 0.717) is 6.54 Å². The van der Waals surface area contributed by atoms with Gasteiger partial charge in [0.2, 0.25) is 0 Å². The van der Waals surface area contributed by atoms with Crippen molar-refractivity contribution >= 4 is 27.3 Å². The molecule has 4 rings (SSSR count). The maximum Gasteiger partial charge on any atom is 0.123 e. The summed E-state index contributed by atoms with van der Waals surface area (Å²) >= 11 is 5.09. The number of nitrogens with zero attached hydrogens (tertiary/aromatic N) is 4. The van der Waals surface area contributed by atoms with Gasteiger partial charge in [0.05, 0.1) is 31.2 Å². The van der Waals surface area contributed by atoms with E-state index in [-0.39, 0.29) is 0 Å². The molecule has 0 bridgehead atoms. The fourth-order valence-electron chi connectivity index (χ4n) is 2.62. The maximum absolute atomic E-state index is 5.21. The molecule has 0 saturated heterocycles. The zero-order chi connectivity index (χ0) is 17.9. The van der Waals surface area contributed by atoms with Crippen LogP contribution in [0.1, 0.15) is 5.69 Å². The van der Waals surface area contributed by atoms with Crippen molar-refractivity contribution in [1.82, 2.24) is 20.0 Å². The highest BCUT2D eigenvalue weighted by molar-refractivity contribution is 9.10. The van der Waals surface area contributed by atoms with Gasteiger partial charge in [0, 0.05) is 21.0 Å². The van der Waals surface area contributed by atoms with Gasteiger partial charge in [-0.2, -0.15) is 0 Å². The molecule has 0 atom stereocenters. The van der Waals surface area contributed by atoms with Gasteiger partial charge in [0.25, 0.3) is 0 Å². The molecule has 0 aliphatic heterocycles. The summed E-state index contributed by atoms with van der Waals surface area (Å²) < 4.78 is 8.14. The van der Waals surface area contributed by atoms with Crippen LogP contribution in [0.3, 0.4) is 0 Å². The second-order valence-corrected chi connectivity index (χ2v) is 7.43. The third-order valence-electron chi connectivity index (χ3n) is 3.96. The van der Waals surface area contributed by atoms with E-state index >= 15 is 0 Å². The number of hydrogen-bond donors (Lipinski definition) is 0. The summed E-state index contributed by atoms with van der Waals surface area (Å²) in [7, 11) is 1.66. The van der Waals surface area contributed by atoms with Crippen LogP contribution in [0.15, 0.2) is 64.6 Å². The fraction of sp³-hybridized carbons (Fsp3) is 0.105. The molecule has 2 heterocycles. The molecule has 0 saturated carbocycles. The van der Waals surface area contributed by atoms with Gasteiger partial charge in [-0.05, 0) is 36.4 Å². The number of rotatable bonds is 5. The second-order valence-electron chi connectivity index (χ2n) is 5.66. The Labute approximate surface area is 163 Å². The highest BCUT2D eigenvalue weighted by Crippen LogP contribution is 2.26. The fourth-order valence-corrected chi connectivity index (χ4v) is 3.70. The summed E-state index contributed by atoms with van der Waals surface area (Å²) in [6, 6.07) is 16.0. The van der Waals surface area contributed by atoms with Crippen LogP contribution in [0.2, 0.25) is 0 Å². The summed E-state index contributed by atoms with van der Waals surface area (Å²) in [6.45, 7) is 0.578. The third-order valence-corrected chi connectivity index (χ3v) is 5.43. The van der Waals surface area contributed by atoms with Gasteiger partial charge in [0.1, 0.15) is 10.8 Å². The van der Waals surface area contributed by atoms with Crippen molar-refractivity contribution in [3.05, 3.63) is 70.3 Å². The van der Waals surface area contributed by atoms with Crippen LogP contribution in [0.25, 0.3) is 21.8 Å². The summed E-state index contributed by atoms with van der Waals surface area (Å²) in [4.78, 5) is 4.74. The minimum absolute atomic E-state index is 0.578. The van der Waals surface area contributed by atoms with E-state index in [1.54, 1.807) is 24.6 Å². The molecule has 0 aliphatic carbocycles. The van der Waals surface area contributed by atoms with Crippen molar-refractivity contribution in [1.29, 1.82) is 0 Å².